The molecule has 1 amide bonds. The number of carbonyl (C=O) groups excluding carboxylic acids is 1. The van der Waals surface area contributed by atoms with Crippen LogP contribution >= 0.6 is 0 Å². The van der Waals surface area contributed by atoms with Gasteiger partial charge in [0.25, 0.3) is 11.5 Å². The van der Waals surface area contributed by atoms with E-state index in [0.29, 0.717) is 23.7 Å². The molecule has 0 fully saturated rings. The molecule has 8 nitrogen and oxygen atoms in total. The number of ether oxygens (including phenoxy) is 2. The second-order valence-corrected chi connectivity index (χ2v) is 6.30. The molecule has 0 aliphatic carbocycles. The van der Waals surface area contributed by atoms with Gasteiger partial charge in [-0.05, 0) is 43.7 Å². The average molecular weight is 404 g/mol. The molecule has 0 saturated heterocycles. The van der Waals surface area contributed by atoms with E-state index in [-0.39, 0.29) is 17.0 Å². The van der Waals surface area contributed by atoms with Gasteiger partial charge >= 0.3 is 0 Å². The molecule has 30 heavy (non-hydrogen) atoms. The van der Waals surface area contributed by atoms with E-state index >= 15 is 0 Å². The highest BCUT2D eigenvalue weighted by Gasteiger charge is 2.18. The lowest BCUT2D eigenvalue weighted by Gasteiger charge is -2.13. The summed E-state index contributed by atoms with van der Waals surface area (Å²) in [5, 5.41) is 12.0. The van der Waals surface area contributed by atoms with Gasteiger partial charge in [-0.1, -0.05) is 18.2 Å². The maximum atomic E-state index is 13.2. The predicted octanol–water partition coefficient (Wildman–Crippen LogP) is 2.85. The fourth-order valence-electron chi connectivity index (χ4n) is 2.85. The molecule has 0 atom stereocenters. The molecule has 2 heterocycles. The topological polar surface area (TPSA) is 106 Å². The lowest BCUT2D eigenvalue weighted by atomic mass is 10.1. The number of fused-ring (bicyclic) bond motifs is 1. The first kappa shape index (κ1) is 20.6. The zero-order valence-electron chi connectivity index (χ0n) is 16.8. The summed E-state index contributed by atoms with van der Waals surface area (Å²) >= 11 is 0. The van der Waals surface area contributed by atoms with Crippen LogP contribution in [0.4, 0.5) is 0 Å². The van der Waals surface area contributed by atoms with Crippen LogP contribution in [0.5, 0.6) is 17.4 Å². The van der Waals surface area contributed by atoms with E-state index in [1.165, 1.54) is 17.6 Å². The van der Waals surface area contributed by atoms with Gasteiger partial charge in [-0.2, -0.15) is 10.2 Å². The number of pyridine rings is 1. The molecule has 3 rings (SSSR count). The van der Waals surface area contributed by atoms with Gasteiger partial charge in [0.2, 0.25) is 5.88 Å². The van der Waals surface area contributed by atoms with E-state index in [0.717, 1.165) is 5.56 Å². The summed E-state index contributed by atoms with van der Waals surface area (Å²) < 4.78 is 12.6. The Kier molecular flexibility index (Phi) is 6.13. The molecule has 1 N–H and O–H groups in total. The van der Waals surface area contributed by atoms with Crippen molar-refractivity contribution in [1.82, 2.24) is 14.7 Å². The van der Waals surface area contributed by atoms with Crippen molar-refractivity contribution in [2.24, 2.45) is 0 Å². The second kappa shape index (κ2) is 8.92. The number of hydrogen-bond acceptors (Lipinski definition) is 6. The summed E-state index contributed by atoms with van der Waals surface area (Å²) in [5.74, 6) is 0.173. The first-order chi connectivity index (χ1) is 14.5. The van der Waals surface area contributed by atoms with Crippen molar-refractivity contribution in [2.45, 2.75) is 13.8 Å². The smallest absolute Gasteiger partial charge is 0.269 e. The minimum absolute atomic E-state index is 0.0215. The fraction of sp³-hybridized carbons (Fsp3) is 0.182. The Labute approximate surface area is 173 Å². The zero-order chi connectivity index (χ0) is 21.7. The van der Waals surface area contributed by atoms with Crippen molar-refractivity contribution in [3.8, 4) is 23.4 Å². The predicted molar refractivity (Wildman–Crippen MR) is 112 cm³/mol. The van der Waals surface area contributed by atoms with Crippen LogP contribution in [0.25, 0.3) is 11.7 Å². The van der Waals surface area contributed by atoms with E-state index < -0.39 is 11.5 Å². The van der Waals surface area contributed by atoms with Gasteiger partial charge in [0.1, 0.15) is 22.9 Å². The van der Waals surface area contributed by atoms with Gasteiger partial charge in [-0.15, -0.1) is 0 Å². The Hall–Kier alpha value is -4.12. The van der Waals surface area contributed by atoms with Gasteiger partial charge < -0.3 is 14.8 Å². The highest BCUT2D eigenvalue weighted by atomic mass is 16.5. The molecule has 0 bridgehead atoms. The van der Waals surface area contributed by atoms with E-state index in [2.05, 4.69) is 10.3 Å². The van der Waals surface area contributed by atoms with Gasteiger partial charge in [0, 0.05) is 12.7 Å². The number of likely N-dealkylation sites (N-methyl/N-ethyl adjacent to an activating group) is 1. The van der Waals surface area contributed by atoms with Crippen molar-refractivity contribution in [3.05, 3.63) is 69.6 Å². The maximum Gasteiger partial charge on any atom is 0.269 e. The van der Waals surface area contributed by atoms with E-state index in [9.17, 15) is 14.9 Å². The molecule has 3 aromatic rings. The number of nitriles is 1. The highest BCUT2D eigenvalue weighted by molar-refractivity contribution is 6.01. The molecule has 0 unspecified atom stereocenters. The van der Waals surface area contributed by atoms with Crippen LogP contribution in [0.1, 0.15) is 18.1 Å². The summed E-state index contributed by atoms with van der Waals surface area (Å²) in [6, 6.07) is 12.3. The number of rotatable bonds is 6. The molecule has 1 aromatic carbocycles. The summed E-state index contributed by atoms with van der Waals surface area (Å²) in [7, 11) is 1.50. The fourth-order valence-corrected chi connectivity index (χ4v) is 2.85. The normalized spacial score (nSPS) is 11.1. The van der Waals surface area contributed by atoms with Gasteiger partial charge in [-0.3, -0.25) is 14.0 Å². The number of nitrogens with one attached hydrogen (secondary N) is 1. The molecule has 0 radical (unpaired) electrons. The Morgan fingerprint density at radius 2 is 2.00 bits per heavy atom. The van der Waals surface area contributed by atoms with Crippen molar-refractivity contribution in [1.29, 1.82) is 5.26 Å². The molecular weight excluding hydrogens is 384 g/mol. The Bertz CT molecular complexity index is 1240. The molecule has 0 saturated carbocycles. The van der Waals surface area contributed by atoms with E-state index in [4.69, 9.17) is 9.47 Å². The van der Waals surface area contributed by atoms with Crippen LogP contribution in [-0.2, 0) is 4.79 Å². The van der Waals surface area contributed by atoms with Crippen LogP contribution in [0.3, 0.4) is 0 Å². The standard InChI is InChI=1S/C22H20N4O4/c1-4-24-20(27)15(13-23)12-16-21(30-18-10-6-5-9-17(18)29-3)25-19-14(2)8-7-11-26(19)22(16)28/h5-12H,4H2,1-3H3,(H,24,27). The Morgan fingerprint density at radius 1 is 1.27 bits per heavy atom. The lowest BCUT2D eigenvalue weighted by molar-refractivity contribution is -0.116. The van der Waals surface area contributed by atoms with Crippen LogP contribution in [0, 0.1) is 18.3 Å². The monoisotopic (exact) mass is 404 g/mol. The maximum absolute atomic E-state index is 13.2. The molecule has 2 aromatic heterocycles. The first-order valence-electron chi connectivity index (χ1n) is 9.23. The Morgan fingerprint density at radius 3 is 2.67 bits per heavy atom. The SMILES string of the molecule is CCNC(=O)C(C#N)=Cc1c(Oc2ccccc2OC)nc2c(C)cccn2c1=O. The molecule has 8 heteroatoms. The number of para-hydroxylation sites is 2. The quantitative estimate of drug-likeness (QED) is 0.500. The Balaban J connectivity index is 2.27. The molecule has 152 valence electrons. The zero-order valence-corrected chi connectivity index (χ0v) is 16.8. The summed E-state index contributed by atoms with van der Waals surface area (Å²) in [6.45, 7) is 3.90. The molecule has 0 spiro atoms. The summed E-state index contributed by atoms with van der Waals surface area (Å²) in [4.78, 5) is 29.9. The first-order valence-corrected chi connectivity index (χ1v) is 9.23. The third-order valence-corrected chi connectivity index (χ3v) is 4.32. The van der Waals surface area contributed by atoms with Crippen molar-refractivity contribution < 1.29 is 14.3 Å². The minimum Gasteiger partial charge on any atom is -0.493 e. The lowest BCUT2D eigenvalue weighted by Crippen LogP contribution is -2.25. The number of methoxy groups -OCH3 is 1. The number of aryl methyl sites for hydroxylation is 1. The van der Waals surface area contributed by atoms with E-state index in [1.54, 1.807) is 43.5 Å². The summed E-state index contributed by atoms with van der Waals surface area (Å²) in [5.41, 5.74) is 0.450. The third kappa shape index (κ3) is 4.00. The van der Waals surface area contributed by atoms with Crippen molar-refractivity contribution in [3.63, 3.8) is 0 Å². The van der Waals surface area contributed by atoms with Crippen LogP contribution in [-0.4, -0.2) is 28.9 Å². The van der Waals surface area contributed by atoms with Crippen molar-refractivity contribution in [2.75, 3.05) is 13.7 Å². The molecule has 0 aliphatic heterocycles. The van der Waals surface area contributed by atoms with Crippen molar-refractivity contribution >= 4 is 17.6 Å². The second-order valence-electron chi connectivity index (χ2n) is 6.30. The minimum atomic E-state index is -0.586. The van der Waals surface area contributed by atoms with Crippen LogP contribution in [0.2, 0.25) is 0 Å². The van der Waals surface area contributed by atoms with Crippen LogP contribution in [0.15, 0.2) is 53.0 Å². The number of nitrogens with zero attached hydrogens (tertiary/aromatic N) is 3. The number of benzene rings is 1. The number of hydrogen-bond donors (Lipinski definition) is 1. The number of amides is 1. The number of carbonyl (C=O) groups is 1. The molecular formula is C22H20N4O4. The average Bonchev–Trinajstić information content (AvgIpc) is 2.75. The number of aromatic nitrogens is 2. The van der Waals surface area contributed by atoms with Crippen LogP contribution < -0.4 is 20.3 Å². The van der Waals surface area contributed by atoms with Gasteiger partial charge in [0.15, 0.2) is 11.5 Å². The van der Waals surface area contributed by atoms with Gasteiger partial charge in [0.05, 0.1) is 7.11 Å². The van der Waals surface area contributed by atoms with Gasteiger partial charge in [-0.25, -0.2) is 0 Å². The summed E-state index contributed by atoms with van der Waals surface area (Å²) in [6.07, 6.45) is 2.76. The third-order valence-electron chi connectivity index (χ3n) is 4.32. The van der Waals surface area contributed by atoms with E-state index in [1.807, 2.05) is 19.1 Å². The molecule has 0 aliphatic rings. The highest BCUT2D eigenvalue weighted by Crippen LogP contribution is 2.32. The largest absolute Gasteiger partial charge is 0.493 e.